The second-order valence-electron chi connectivity index (χ2n) is 7.70. The maximum absolute atomic E-state index is 12.7. The van der Waals surface area contributed by atoms with Gasteiger partial charge in [0.1, 0.15) is 12.4 Å². The number of ether oxygens (including phenoxy) is 3. The maximum atomic E-state index is 12.7. The van der Waals surface area contributed by atoms with E-state index in [-0.39, 0.29) is 49.5 Å². The molecule has 3 amide bonds. The molecule has 33 heavy (non-hydrogen) atoms. The van der Waals surface area contributed by atoms with Crippen LogP contribution in [0.4, 0.5) is 4.79 Å². The van der Waals surface area contributed by atoms with Crippen molar-refractivity contribution >= 4 is 46.5 Å². The highest BCUT2D eigenvalue weighted by Crippen LogP contribution is 2.36. The first-order valence-corrected chi connectivity index (χ1v) is 11.5. The molecule has 10 heteroatoms. The van der Waals surface area contributed by atoms with Crippen molar-refractivity contribution in [3.8, 4) is 17.2 Å². The van der Waals surface area contributed by atoms with Gasteiger partial charge in [-0.25, -0.2) is 0 Å². The van der Waals surface area contributed by atoms with Crippen LogP contribution in [-0.4, -0.2) is 48.4 Å². The van der Waals surface area contributed by atoms with Gasteiger partial charge in [-0.3, -0.25) is 19.3 Å². The number of hydrogen-bond acceptors (Lipinski definition) is 7. The Labute approximate surface area is 198 Å². The molecule has 8 nitrogen and oxygen atoms in total. The predicted octanol–water partition coefficient (Wildman–Crippen LogP) is 3.47. The molecule has 0 saturated carbocycles. The number of nitrogens with one attached hydrogen (secondary N) is 1. The number of nitrogens with zero attached hydrogens (tertiary/aromatic N) is 1. The molecule has 5 rings (SSSR count). The van der Waals surface area contributed by atoms with E-state index in [9.17, 15) is 14.4 Å². The Balaban J connectivity index is 1.16. The molecule has 1 fully saturated rings. The number of halogens is 1. The van der Waals surface area contributed by atoms with Crippen LogP contribution in [0, 0.1) is 5.92 Å². The van der Waals surface area contributed by atoms with E-state index >= 15 is 0 Å². The fraction of sp³-hybridized carbons (Fsp3) is 0.261. The summed E-state index contributed by atoms with van der Waals surface area (Å²) in [6, 6.07) is 10.6. The van der Waals surface area contributed by atoms with Crippen LogP contribution in [0.15, 0.2) is 41.3 Å². The average Bonchev–Trinajstić information content (AvgIpc) is 3.37. The van der Waals surface area contributed by atoms with E-state index < -0.39 is 0 Å². The summed E-state index contributed by atoms with van der Waals surface area (Å²) >= 11 is 6.90. The fourth-order valence-corrected chi connectivity index (χ4v) is 4.87. The summed E-state index contributed by atoms with van der Waals surface area (Å²) in [5.41, 5.74) is 1.62. The average molecular weight is 487 g/mol. The minimum Gasteiger partial charge on any atom is -0.492 e. The zero-order valence-electron chi connectivity index (χ0n) is 17.3. The van der Waals surface area contributed by atoms with Gasteiger partial charge in [-0.05, 0) is 65.7 Å². The van der Waals surface area contributed by atoms with Gasteiger partial charge < -0.3 is 19.5 Å². The number of fused-ring (bicyclic) bond motifs is 2. The van der Waals surface area contributed by atoms with Crippen molar-refractivity contribution in [3.63, 3.8) is 0 Å². The number of amides is 3. The lowest BCUT2D eigenvalue weighted by molar-refractivity contribution is -0.127. The van der Waals surface area contributed by atoms with Gasteiger partial charge in [0.05, 0.1) is 10.8 Å². The first-order chi connectivity index (χ1) is 16.0. The number of thioether (sulfide) groups is 1. The third-order valence-corrected chi connectivity index (χ3v) is 6.64. The molecule has 0 aliphatic carbocycles. The van der Waals surface area contributed by atoms with Gasteiger partial charge in [0.2, 0.25) is 12.7 Å². The summed E-state index contributed by atoms with van der Waals surface area (Å²) in [4.78, 5) is 39.1. The van der Waals surface area contributed by atoms with E-state index in [0.29, 0.717) is 27.8 Å². The van der Waals surface area contributed by atoms with Crippen LogP contribution in [0.1, 0.15) is 11.1 Å². The number of carbonyl (C=O) groups excluding carboxylic acids is 3. The zero-order valence-corrected chi connectivity index (χ0v) is 18.9. The Hall–Kier alpha value is -3.17. The van der Waals surface area contributed by atoms with E-state index in [1.54, 1.807) is 42.5 Å². The summed E-state index contributed by atoms with van der Waals surface area (Å²) in [7, 11) is 0. The molecule has 0 radical (unpaired) electrons. The van der Waals surface area contributed by atoms with Crippen molar-refractivity contribution in [2.45, 2.75) is 6.42 Å². The molecule has 1 N–H and O–H groups in total. The lowest BCUT2D eigenvalue weighted by atomic mass is 9.96. The quantitative estimate of drug-likeness (QED) is 0.646. The molecule has 2 aromatic carbocycles. The van der Waals surface area contributed by atoms with E-state index in [2.05, 4.69) is 5.32 Å². The van der Waals surface area contributed by atoms with Crippen LogP contribution >= 0.6 is 23.4 Å². The highest BCUT2D eigenvalue weighted by atomic mass is 35.5. The van der Waals surface area contributed by atoms with Crippen LogP contribution in [0.2, 0.25) is 5.02 Å². The molecule has 1 atom stereocenters. The van der Waals surface area contributed by atoms with Gasteiger partial charge in [0.15, 0.2) is 11.5 Å². The summed E-state index contributed by atoms with van der Waals surface area (Å²) in [6.45, 7) is 0.673. The minimum absolute atomic E-state index is 0.0882. The van der Waals surface area contributed by atoms with Crippen LogP contribution in [0.3, 0.4) is 0 Å². The summed E-state index contributed by atoms with van der Waals surface area (Å²) in [6.07, 6.45) is 2.16. The summed E-state index contributed by atoms with van der Waals surface area (Å²) in [5, 5.41) is 3.02. The highest BCUT2D eigenvalue weighted by molar-refractivity contribution is 8.18. The Morgan fingerprint density at radius 3 is 2.82 bits per heavy atom. The molecule has 0 aromatic heterocycles. The molecule has 0 spiro atoms. The molecule has 0 bridgehead atoms. The van der Waals surface area contributed by atoms with E-state index in [1.807, 2.05) is 0 Å². The Kier molecular flexibility index (Phi) is 5.90. The van der Waals surface area contributed by atoms with Gasteiger partial charge in [0.25, 0.3) is 11.1 Å². The van der Waals surface area contributed by atoms with Crippen molar-refractivity contribution in [1.29, 1.82) is 0 Å². The zero-order chi connectivity index (χ0) is 22.9. The molecule has 3 aliphatic rings. The topological polar surface area (TPSA) is 94.2 Å². The fourth-order valence-electron chi connectivity index (χ4n) is 3.81. The van der Waals surface area contributed by atoms with Crippen LogP contribution in [0.25, 0.3) is 6.08 Å². The Bertz CT molecular complexity index is 1180. The number of rotatable bonds is 5. The van der Waals surface area contributed by atoms with E-state index in [4.69, 9.17) is 25.8 Å². The normalized spacial score (nSPS) is 20.1. The Morgan fingerprint density at radius 1 is 1.12 bits per heavy atom. The largest absolute Gasteiger partial charge is 0.492 e. The highest BCUT2D eigenvalue weighted by Gasteiger charge is 2.35. The van der Waals surface area contributed by atoms with Crippen molar-refractivity contribution < 1.29 is 28.6 Å². The number of imide groups is 1. The number of carbonyl (C=O) groups is 3. The van der Waals surface area contributed by atoms with Gasteiger partial charge >= 0.3 is 0 Å². The molecule has 1 unspecified atom stereocenters. The molecular weight excluding hydrogens is 468 g/mol. The SMILES string of the molecule is O=C(NCCN1C(=O)S/C(=C\c2ccc3c(c2)OCO3)C1=O)C1COc2ccc(Cl)cc2C1. The van der Waals surface area contributed by atoms with Crippen molar-refractivity contribution in [2.75, 3.05) is 26.5 Å². The van der Waals surface area contributed by atoms with E-state index in [0.717, 1.165) is 33.5 Å². The van der Waals surface area contributed by atoms with Gasteiger partial charge in [0, 0.05) is 18.1 Å². The second-order valence-corrected chi connectivity index (χ2v) is 9.13. The summed E-state index contributed by atoms with van der Waals surface area (Å²) < 4.78 is 16.3. The predicted molar refractivity (Wildman–Crippen MR) is 122 cm³/mol. The third kappa shape index (κ3) is 4.51. The first kappa shape index (κ1) is 21.7. The van der Waals surface area contributed by atoms with Crippen LogP contribution in [0.5, 0.6) is 17.2 Å². The van der Waals surface area contributed by atoms with Crippen LogP contribution < -0.4 is 19.5 Å². The molecule has 1 saturated heterocycles. The maximum Gasteiger partial charge on any atom is 0.293 e. The second kappa shape index (κ2) is 8.99. The van der Waals surface area contributed by atoms with Gasteiger partial charge in [-0.15, -0.1) is 0 Å². The minimum atomic E-state index is -0.388. The summed E-state index contributed by atoms with van der Waals surface area (Å²) in [5.74, 6) is 1.03. The first-order valence-electron chi connectivity index (χ1n) is 10.3. The smallest absolute Gasteiger partial charge is 0.293 e. The molecule has 3 aliphatic heterocycles. The van der Waals surface area contributed by atoms with Gasteiger partial charge in [-0.2, -0.15) is 0 Å². The van der Waals surface area contributed by atoms with Crippen molar-refractivity contribution in [1.82, 2.24) is 10.2 Å². The third-order valence-electron chi connectivity index (χ3n) is 5.50. The monoisotopic (exact) mass is 486 g/mol. The number of hydrogen-bond donors (Lipinski definition) is 1. The Morgan fingerprint density at radius 2 is 1.94 bits per heavy atom. The molecule has 170 valence electrons. The molecule has 3 heterocycles. The van der Waals surface area contributed by atoms with Gasteiger partial charge in [-0.1, -0.05) is 17.7 Å². The number of benzene rings is 2. The van der Waals surface area contributed by atoms with Crippen molar-refractivity contribution in [2.24, 2.45) is 5.92 Å². The molecule has 2 aromatic rings. The van der Waals surface area contributed by atoms with E-state index in [1.165, 1.54) is 0 Å². The van der Waals surface area contributed by atoms with Crippen LogP contribution in [-0.2, 0) is 16.0 Å². The molecular formula is C23H19ClN2O6S. The standard InChI is InChI=1S/C23H19ClN2O6S/c24-16-2-4-17-14(10-16)9-15(11-30-17)21(27)25-5-6-26-22(28)20(33-23(26)29)8-13-1-3-18-19(7-13)32-12-31-18/h1-4,7-8,10,15H,5-6,9,11-12H2,(H,25,27)/b20-8-. The van der Waals surface area contributed by atoms with Crippen molar-refractivity contribution in [3.05, 3.63) is 57.5 Å². The lowest BCUT2D eigenvalue weighted by Gasteiger charge is -2.25. The lowest BCUT2D eigenvalue weighted by Crippen LogP contribution is -2.42.